The Balaban J connectivity index is 1.24. The first-order chi connectivity index (χ1) is 19.4. The molecule has 0 radical (unpaired) electrons. The molecular weight excluding hydrogens is 551 g/mol. The number of nitrogens with one attached hydrogen (secondary N) is 1. The Hall–Kier alpha value is -2.65. The summed E-state index contributed by atoms with van der Waals surface area (Å²) in [4.78, 5) is 45.3. The number of rotatable bonds is 5. The third-order valence-corrected chi connectivity index (χ3v) is 10.5. The Morgan fingerprint density at radius 1 is 0.975 bits per heavy atom. The van der Waals surface area contributed by atoms with Gasteiger partial charge in [0.25, 0.3) is 5.56 Å². The van der Waals surface area contributed by atoms with Gasteiger partial charge in [-0.05, 0) is 86.6 Å². The van der Waals surface area contributed by atoms with Crippen LogP contribution in [0, 0.1) is 5.82 Å². The number of halogens is 2. The molecule has 1 saturated heterocycles. The highest BCUT2D eigenvalue weighted by Gasteiger charge is 2.43. The highest BCUT2D eigenvalue weighted by atomic mass is 35.5. The maximum absolute atomic E-state index is 14.2. The second-order valence-corrected chi connectivity index (χ2v) is 13.1. The van der Waals surface area contributed by atoms with E-state index in [0.29, 0.717) is 30.7 Å². The second-order valence-electron chi connectivity index (χ2n) is 11.5. The van der Waals surface area contributed by atoms with Gasteiger partial charge in [-0.15, -0.1) is 0 Å². The molecule has 212 valence electrons. The van der Waals surface area contributed by atoms with Gasteiger partial charge in [-0.1, -0.05) is 36.6 Å². The number of thioether (sulfide) groups is 1. The number of hydrogen-bond donors (Lipinski definition) is 1. The number of aromatic nitrogens is 3. The predicted octanol–water partition coefficient (Wildman–Crippen LogP) is 5.53. The summed E-state index contributed by atoms with van der Waals surface area (Å²) in [5.74, 6) is 1.33. The topological polar surface area (TPSA) is 86.0 Å². The van der Waals surface area contributed by atoms with Crippen LogP contribution in [0.4, 0.5) is 4.39 Å². The summed E-state index contributed by atoms with van der Waals surface area (Å²) in [6.07, 6.45) is 8.84. The number of nitrogens with zero attached hydrogens (tertiary/aromatic N) is 3. The van der Waals surface area contributed by atoms with E-state index in [-0.39, 0.29) is 40.8 Å². The highest BCUT2D eigenvalue weighted by molar-refractivity contribution is 7.99. The van der Waals surface area contributed by atoms with Crippen molar-refractivity contribution in [1.29, 1.82) is 0 Å². The molecule has 2 saturated carbocycles. The Morgan fingerprint density at radius 3 is 2.30 bits per heavy atom. The van der Waals surface area contributed by atoms with E-state index in [2.05, 4.69) is 10.3 Å². The zero-order valence-corrected chi connectivity index (χ0v) is 24.0. The molecule has 0 bridgehead atoms. The first kappa shape index (κ1) is 27.5. The van der Waals surface area contributed by atoms with Crippen LogP contribution in [-0.4, -0.2) is 37.6 Å². The van der Waals surface area contributed by atoms with Crippen molar-refractivity contribution in [2.24, 2.45) is 0 Å². The Morgan fingerprint density at radius 2 is 1.62 bits per heavy atom. The first-order valence-electron chi connectivity index (χ1n) is 14.3. The molecule has 2 aliphatic carbocycles. The molecule has 0 atom stereocenters. The lowest BCUT2D eigenvalue weighted by molar-refractivity contribution is -0.127. The summed E-state index contributed by atoms with van der Waals surface area (Å²) < 4.78 is 17.2. The van der Waals surface area contributed by atoms with Gasteiger partial charge in [-0.25, -0.2) is 14.2 Å². The molecule has 1 aromatic carbocycles. The van der Waals surface area contributed by atoms with Gasteiger partial charge in [0.1, 0.15) is 11.5 Å². The van der Waals surface area contributed by atoms with Crippen LogP contribution in [0.2, 0.25) is 5.02 Å². The number of pyridine rings is 1. The first-order valence-corrected chi connectivity index (χ1v) is 15.9. The van der Waals surface area contributed by atoms with Gasteiger partial charge < -0.3 is 5.32 Å². The average Bonchev–Trinajstić information content (AvgIpc) is 3.47. The molecule has 3 aliphatic rings. The van der Waals surface area contributed by atoms with Crippen molar-refractivity contribution in [3.8, 4) is 0 Å². The van der Waals surface area contributed by atoms with E-state index in [1.165, 1.54) is 10.6 Å². The average molecular weight is 585 g/mol. The SMILES string of the molecule is O=C(N[C@H]1CC[C@@H](n2c(=O)c3cc(F)cnc3n(C3CCSCC3)c2=O)CC1)C1(c2ccc(Cl)cc2)CCCC1. The minimum Gasteiger partial charge on any atom is -0.353 e. The van der Waals surface area contributed by atoms with Crippen LogP contribution in [0.3, 0.4) is 0 Å². The Kier molecular flexibility index (Phi) is 7.79. The van der Waals surface area contributed by atoms with Gasteiger partial charge in [0.15, 0.2) is 0 Å². The minimum absolute atomic E-state index is 0.0265. The molecule has 2 aromatic heterocycles. The lowest BCUT2D eigenvalue weighted by Gasteiger charge is -2.35. The van der Waals surface area contributed by atoms with Crippen molar-refractivity contribution in [3.05, 3.63) is 73.8 Å². The predicted molar refractivity (Wildman–Crippen MR) is 157 cm³/mol. The smallest absolute Gasteiger partial charge is 0.333 e. The molecule has 0 unspecified atom stereocenters. The molecule has 1 aliphatic heterocycles. The molecule has 3 aromatic rings. The lowest BCUT2D eigenvalue weighted by Crippen LogP contribution is -2.49. The van der Waals surface area contributed by atoms with Crippen LogP contribution in [0.25, 0.3) is 11.0 Å². The van der Waals surface area contributed by atoms with Crippen LogP contribution in [0.5, 0.6) is 0 Å². The quantitative estimate of drug-likeness (QED) is 0.426. The number of fused-ring (bicyclic) bond motifs is 1. The molecule has 10 heteroatoms. The zero-order valence-electron chi connectivity index (χ0n) is 22.4. The second kappa shape index (κ2) is 11.3. The number of carbonyl (C=O) groups is 1. The third-order valence-electron chi connectivity index (χ3n) is 9.16. The van der Waals surface area contributed by atoms with Crippen LogP contribution in [0.15, 0.2) is 46.1 Å². The third kappa shape index (κ3) is 5.00. The molecule has 1 N–H and O–H groups in total. The van der Waals surface area contributed by atoms with E-state index >= 15 is 0 Å². The van der Waals surface area contributed by atoms with Crippen molar-refractivity contribution in [2.75, 3.05) is 11.5 Å². The van der Waals surface area contributed by atoms with Gasteiger partial charge in [0.2, 0.25) is 5.91 Å². The summed E-state index contributed by atoms with van der Waals surface area (Å²) in [6, 6.07) is 8.43. The van der Waals surface area contributed by atoms with E-state index in [1.807, 2.05) is 36.0 Å². The summed E-state index contributed by atoms with van der Waals surface area (Å²) in [5.41, 5.74) is -0.0950. The van der Waals surface area contributed by atoms with Crippen LogP contribution >= 0.6 is 23.4 Å². The molecule has 40 heavy (non-hydrogen) atoms. The van der Waals surface area contributed by atoms with Crippen molar-refractivity contribution in [1.82, 2.24) is 19.4 Å². The zero-order chi connectivity index (χ0) is 27.9. The number of carbonyl (C=O) groups excluding carboxylic acids is 1. The fourth-order valence-corrected chi connectivity index (χ4v) is 8.20. The van der Waals surface area contributed by atoms with Crippen molar-refractivity contribution < 1.29 is 9.18 Å². The standard InChI is InChI=1S/C30H34ClFN4O3S/c31-20-5-3-19(4-6-20)30(13-1-2-14-30)28(38)34-22-7-9-23(10-8-22)36-27(37)25-17-21(32)18-33-26(25)35(29(36)39)24-11-15-40-16-12-24/h3-6,17-18,22-24H,1-2,7-16H2,(H,34,38)/t22-,23+. The van der Waals surface area contributed by atoms with Crippen LogP contribution in [0.1, 0.15) is 81.9 Å². The van der Waals surface area contributed by atoms with Crippen LogP contribution in [-0.2, 0) is 10.2 Å². The molecule has 3 heterocycles. The minimum atomic E-state index is -0.589. The monoisotopic (exact) mass is 584 g/mol. The van der Waals surface area contributed by atoms with Crippen molar-refractivity contribution in [3.63, 3.8) is 0 Å². The van der Waals surface area contributed by atoms with Gasteiger partial charge >= 0.3 is 5.69 Å². The summed E-state index contributed by atoms with van der Waals surface area (Å²) in [6.45, 7) is 0. The maximum atomic E-state index is 14.2. The lowest BCUT2D eigenvalue weighted by atomic mass is 9.77. The normalized spacial score (nSPS) is 23.4. The van der Waals surface area contributed by atoms with E-state index < -0.39 is 16.8 Å². The molecule has 6 rings (SSSR count). The van der Waals surface area contributed by atoms with E-state index in [9.17, 15) is 18.8 Å². The number of benzene rings is 1. The molecule has 0 spiro atoms. The Labute approximate surface area is 241 Å². The number of amides is 1. The fourth-order valence-electron chi connectivity index (χ4n) is 7.00. The van der Waals surface area contributed by atoms with E-state index in [4.69, 9.17) is 11.6 Å². The Bertz CT molecular complexity index is 1520. The highest BCUT2D eigenvalue weighted by Crippen LogP contribution is 2.42. The van der Waals surface area contributed by atoms with Gasteiger partial charge in [-0.3, -0.25) is 18.7 Å². The van der Waals surface area contributed by atoms with E-state index in [1.54, 1.807) is 4.57 Å². The van der Waals surface area contributed by atoms with Gasteiger partial charge in [0.05, 0.1) is 17.0 Å². The summed E-state index contributed by atoms with van der Waals surface area (Å²) in [5, 5.41) is 4.12. The molecule has 3 fully saturated rings. The van der Waals surface area contributed by atoms with Gasteiger partial charge in [-0.2, -0.15) is 11.8 Å². The van der Waals surface area contributed by atoms with Gasteiger partial charge in [0, 0.05) is 23.1 Å². The number of hydrogen-bond acceptors (Lipinski definition) is 5. The summed E-state index contributed by atoms with van der Waals surface area (Å²) >= 11 is 7.96. The maximum Gasteiger partial charge on any atom is 0.333 e. The van der Waals surface area contributed by atoms with Crippen LogP contribution < -0.4 is 16.6 Å². The molecule has 7 nitrogen and oxygen atoms in total. The summed E-state index contributed by atoms with van der Waals surface area (Å²) in [7, 11) is 0. The molecule has 1 amide bonds. The fraction of sp³-hybridized carbons (Fsp3) is 0.533. The molecular formula is C30H34ClFN4O3S. The van der Waals surface area contributed by atoms with Crippen molar-refractivity contribution in [2.45, 2.75) is 87.7 Å². The van der Waals surface area contributed by atoms with E-state index in [0.717, 1.165) is 61.8 Å². The largest absolute Gasteiger partial charge is 0.353 e. The van der Waals surface area contributed by atoms with Crippen molar-refractivity contribution >= 4 is 40.3 Å².